The second-order valence-electron chi connectivity index (χ2n) is 10.6. The molecule has 5 N–H and O–H groups in total. The minimum atomic E-state index is -4.14. The Morgan fingerprint density at radius 2 is 1.55 bits per heavy atom. The molecule has 2 aliphatic rings. The molecule has 4 rings (SSSR count). The quantitative estimate of drug-likeness (QED) is 0.168. The topological polar surface area (TPSA) is 219 Å². The minimum absolute atomic E-state index is 0.00155. The first-order valence-electron chi connectivity index (χ1n) is 13.4. The number of ether oxygens (including phenoxy) is 2. The van der Waals surface area contributed by atoms with E-state index in [0.29, 0.717) is 6.54 Å². The Hall–Kier alpha value is -2.73. The van der Waals surface area contributed by atoms with Gasteiger partial charge in [-0.15, -0.1) is 0 Å². The van der Waals surface area contributed by atoms with Crippen LogP contribution in [0, 0.1) is 13.8 Å². The molecule has 2 unspecified atom stereocenters. The van der Waals surface area contributed by atoms with E-state index >= 15 is 0 Å². The lowest BCUT2D eigenvalue weighted by molar-refractivity contribution is -0.0533. The number of rotatable bonds is 12. The molecule has 2 aliphatic heterocycles. The highest BCUT2D eigenvalue weighted by atomic mass is 31.2. The summed E-state index contributed by atoms with van der Waals surface area (Å²) in [6.07, 6.45) is -3.20. The minimum Gasteiger partial charge on any atom is -0.394 e. The second kappa shape index (κ2) is 13.3. The third kappa shape index (κ3) is 7.42. The summed E-state index contributed by atoms with van der Waals surface area (Å²) in [6, 6.07) is 0. The second-order valence-corrected chi connectivity index (χ2v) is 12.4. The first-order chi connectivity index (χ1) is 19.8. The number of hydrogen-bond acceptors (Lipinski definition) is 12. The van der Waals surface area contributed by atoms with Crippen molar-refractivity contribution in [3.8, 4) is 0 Å². The Kier molecular flexibility index (Phi) is 10.2. The molecule has 0 radical (unpaired) electrons. The summed E-state index contributed by atoms with van der Waals surface area (Å²) in [6.45, 7) is 2.80. The van der Waals surface area contributed by atoms with Crippen LogP contribution < -0.4 is 27.6 Å². The maximum atomic E-state index is 13.9. The summed E-state index contributed by atoms with van der Waals surface area (Å²) in [7, 11) is -0.501. The molecule has 42 heavy (non-hydrogen) atoms. The first-order valence-corrected chi connectivity index (χ1v) is 14.9. The molecule has 0 spiro atoms. The average Bonchev–Trinajstić information content (AvgIpc) is 3.49. The van der Waals surface area contributed by atoms with Gasteiger partial charge in [0.05, 0.1) is 19.3 Å². The Labute approximate surface area is 239 Å². The molecule has 17 nitrogen and oxygen atoms in total. The van der Waals surface area contributed by atoms with Crippen molar-refractivity contribution in [2.75, 3.05) is 40.4 Å². The van der Waals surface area contributed by atoms with Gasteiger partial charge in [0.25, 0.3) is 11.1 Å². The largest absolute Gasteiger partial charge is 0.406 e. The molecule has 0 saturated carbocycles. The summed E-state index contributed by atoms with van der Waals surface area (Å²) < 4.78 is 39.4. The molecular formula is C24H37N6O11P. The Balaban J connectivity index is 1.48. The maximum absolute atomic E-state index is 13.9. The number of aromatic amines is 2. The number of H-pyrrole nitrogens is 2. The summed E-state index contributed by atoms with van der Waals surface area (Å²) in [4.78, 5) is 54.4. The van der Waals surface area contributed by atoms with Gasteiger partial charge in [-0.25, -0.2) is 19.2 Å². The number of hydrogen-bond donors (Lipinski definition) is 5. The Bertz CT molecular complexity index is 1530. The number of nitrogens with one attached hydrogen (secondary N) is 3. The molecule has 0 aromatic carbocycles. The van der Waals surface area contributed by atoms with Crippen LogP contribution in [0.3, 0.4) is 0 Å². The van der Waals surface area contributed by atoms with Crippen molar-refractivity contribution in [2.45, 2.75) is 63.6 Å². The Morgan fingerprint density at radius 1 is 1.00 bits per heavy atom. The third-order valence-corrected chi connectivity index (χ3v) is 8.67. The number of nitrogens with zero attached hydrogens (tertiary/aromatic N) is 3. The zero-order valence-electron chi connectivity index (χ0n) is 23.7. The van der Waals surface area contributed by atoms with Gasteiger partial charge in [0.15, 0.2) is 0 Å². The normalized spacial score (nSPS) is 27.5. The predicted molar refractivity (Wildman–Crippen MR) is 147 cm³/mol. The molecule has 2 fully saturated rings. The van der Waals surface area contributed by atoms with Gasteiger partial charge in [0, 0.05) is 49.5 Å². The van der Waals surface area contributed by atoms with E-state index in [1.807, 2.05) is 19.0 Å². The Morgan fingerprint density at radius 3 is 2.10 bits per heavy atom. The van der Waals surface area contributed by atoms with Crippen LogP contribution >= 0.6 is 7.75 Å². The fourth-order valence-corrected chi connectivity index (χ4v) is 6.18. The van der Waals surface area contributed by atoms with Crippen molar-refractivity contribution in [2.24, 2.45) is 0 Å². The lowest BCUT2D eigenvalue weighted by Gasteiger charge is -2.26. The van der Waals surface area contributed by atoms with Gasteiger partial charge < -0.3 is 24.6 Å². The van der Waals surface area contributed by atoms with Crippen molar-refractivity contribution in [3.63, 3.8) is 0 Å². The number of likely N-dealkylation sites (N-methyl/N-ethyl adjacent to an activating group) is 1. The van der Waals surface area contributed by atoms with Crippen LogP contribution in [0.4, 0.5) is 0 Å². The summed E-state index contributed by atoms with van der Waals surface area (Å²) in [5.74, 6) is 0. The van der Waals surface area contributed by atoms with E-state index in [1.165, 1.54) is 26.2 Å². The van der Waals surface area contributed by atoms with E-state index < -0.39 is 73.7 Å². The smallest absolute Gasteiger partial charge is 0.394 e. The van der Waals surface area contributed by atoms with Gasteiger partial charge in [-0.3, -0.25) is 37.7 Å². The van der Waals surface area contributed by atoms with Gasteiger partial charge in [0.1, 0.15) is 30.8 Å². The van der Waals surface area contributed by atoms with Crippen molar-refractivity contribution < 1.29 is 33.3 Å². The predicted octanol–water partition coefficient (Wildman–Crippen LogP) is -1.71. The van der Waals surface area contributed by atoms with Crippen LogP contribution in [0.15, 0.2) is 31.6 Å². The standard InChI is InChI=1S/C24H37N6O11P/c1-13-9-29(23(35)26-21(13)33)19-7-15(32)18(40-19)12-38-42(37,25-5-6-28(3)4)41-16-8-20(39-17(16)11-31)30-10-14(2)22(34)27-24(30)36/h9-10,15-20,31-32H,5-8,11-12H2,1-4H3,(H,25,37)(H,26,33,35)(H,27,34,36)/t15-,16-,17?,18?,19-,20-,42+/m1/s1. The van der Waals surface area contributed by atoms with E-state index in [2.05, 4.69) is 15.1 Å². The van der Waals surface area contributed by atoms with Gasteiger partial charge in [-0.05, 0) is 27.9 Å². The lowest BCUT2D eigenvalue weighted by Crippen LogP contribution is -2.34. The molecule has 0 aliphatic carbocycles. The highest BCUT2D eigenvalue weighted by Crippen LogP contribution is 2.49. The van der Waals surface area contributed by atoms with Crippen LogP contribution in [-0.2, 0) is 23.1 Å². The van der Waals surface area contributed by atoms with E-state index in [-0.39, 0.29) is 37.1 Å². The molecule has 2 aromatic heterocycles. The molecule has 4 heterocycles. The monoisotopic (exact) mass is 616 g/mol. The van der Waals surface area contributed by atoms with Gasteiger partial charge in [-0.1, -0.05) is 0 Å². The zero-order valence-corrected chi connectivity index (χ0v) is 24.6. The van der Waals surface area contributed by atoms with Crippen molar-refractivity contribution in [3.05, 3.63) is 65.2 Å². The number of aliphatic hydroxyl groups excluding tert-OH is 2. The molecule has 0 amide bonds. The first kappa shape index (κ1) is 32.2. The maximum Gasteiger partial charge on any atom is 0.406 e. The molecule has 18 heteroatoms. The molecular weight excluding hydrogens is 579 g/mol. The van der Waals surface area contributed by atoms with E-state index in [9.17, 15) is 34.0 Å². The fraction of sp³-hybridized carbons (Fsp3) is 0.667. The van der Waals surface area contributed by atoms with E-state index in [1.54, 1.807) is 0 Å². The summed E-state index contributed by atoms with van der Waals surface area (Å²) in [5.41, 5.74) is -1.93. The molecule has 234 valence electrons. The van der Waals surface area contributed by atoms with Gasteiger partial charge in [0.2, 0.25) is 0 Å². The van der Waals surface area contributed by atoms with Gasteiger partial charge in [-0.2, -0.15) is 0 Å². The van der Waals surface area contributed by atoms with E-state index in [4.69, 9.17) is 18.5 Å². The molecule has 0 bridgehead atoms. The van der Waals surface area contributed by atoms with Crippen molar-refractivity contribution in [1.82, 2.24) is 29.1 Å². The van der Waals surface area contributed by atoms with Crippen molar-refractivity contribution in [1.29, 1.82) is 0 Å². The highest BCUT2D eigenvalue weighted by Gasteiger charge is 2.43. The van der Waals surface area contributed by atoms with Crippen LogP contribution in [0.5, 0.6) is 0 Å². The SMILES string of the molecule is Cc1cn([C@H]2C[C@@H](O)C(CO[P@@](=O)(NCCN(C)C)O[C@@H]3C[C@H](n4cc(C)c(=O)[nH]c4=O)OC3CO)O2)c(=O)[nH]c1=O. The summed E-state index contributed by atoms with van der Waals surface area (Å²) in [5, 5.41) is 23.3. The van der Waals surface area contributed by atoms with Crippen LogP contribution in [0.2, 0.25) is 0 Å². The van der Waals surface area contributed by atoms with E-state index in [0.717, 1.165) is 9.13 Å². The summed E-state index contributed by atoms with van der Waals surface area (Å²) >= 11 is 0. The van der Waals surface area contributed by atoms with Crippen LogP contribution in [0.25, 0.3) is 0 Å². The average molecular weight is 617 g/mol. The van der Waals surface area contributed by atoms with Crippen LogP contribution in [0.1, 0.15) is 36.4 Å². The number of aliphatic hydroxyl groups is 2. The molecule has 2 aromatic rings. The third-order valence-electron chi connectivity index (χ3n) is 7.02. The van der Waals surface area contributed by atoms with Crippen LogP contribution in [-0.4, -0.2) is 99.0 Å². The van der Waals surface area contributed by atoms with Crippen molar-refractivity contribution >= 4 is 7.75 Å². The fourth-order valence-electron chi connectivity index (χ4n) is 4.66. The molecule has 2 saturated heterocycles. The van der Waals surface area contributed by atoms with Gasteiger partial charge >= 0.3 is 19.1 Å². The zero-order chi connectivity index (χ0) is 30.8. The lowest BCUT2D eigenvalue weighted by atomic mass is 10.2. The molecule has 7 atom stereocenters. The number of aryl methyl sites for hydroxylation is 2. The highest BCUT2D eigenvalue weighted by molar-refractivity contribution is 7.51. The number of aromatic nitrogens is 4.